The molecular formula is C37H47N5O9. The molecule has 3 N–H and O–H groups in total. The molecule has 3 aliphatic rings. The second-order valence-corrected chi connectivity index (χ2v) is 14.5. The van der Waals surface area contributed by atoms with E-state index in [1.165, 1.54) is 25.2 Å². The number of likely N-dealkylation sites (tertiary alicyclic amines) is 1. The number of hydrogen-bond acceptors (Lipinski definition) is 11. The number of Topliss-reactive ketones (excluding diaryl/α,β-unsaturated/α-hetero) is 1. The Labute approximate surface area is 297 Å². The lowest BCUT2D eigenvalue weighted by molar-refractivity contribution is -0.148. The number of hydrogen-bond donors (Lipinski definition) is 3. The van der Waals surface area contributed by atoms with Crippen LogP contribution < -0.4 is 20.1 Å². The fourth-order valence-corrected chi connectivity index (χ4v) is 7.06. The van der Waals surface area contributed by atoms with Gasteiger partial charge in [-0.15, -0.1) is 6.58 Å². The predicted molar refractivity (Wildman–Crippen MR) is 187 cm³/mol. The SMILES string of the molecule is C=C[C@@H]1C[C@]1(NC(=O)[C@@H]1C[C@@H](Oc2cc(C(=O)C=N)nc3c(C)c(OC)ccc23)CN1C(=O)[C@@H](NC(=O)OC1CCCC1)C(C)(C)C)C(=O)OC. The largest absolute Gasteiger partial charge is 0.496 e. The zero-order valence-electron chi connectivity index (χ0n) is 30.0. The van der Waals surface area contributed by atoms with E-state index in [4.69, 9.17) is 24.4 Å². The second-order valence-electron chi connectivity index (χ2n) is 14.5. The Hall–Kier alpha value is -5.01. The van der Waals surface area contributed by atoms with E-state index in [2.05, 4.69) is 22.2 Å². The first-order valence-electron chi connectivity index (χ1n) is 17.2. The van der Waals surface area contributed by atoms with E-state index in [1.807, 2.05) is 0 Å². The first-order valence-corrected chi connectivity index (χ1v) is 17.2. The molecule has 0 unspecified atom stereocenters. The quantitative estimate of drug-likeness (QED) is 0.126. The summed E-state index contributed by atoms with van der Waals surface area (Å²) in [7, 11) is 2.76. The number of aromatic nitrogens is 1. The van der Waals surface area contributed by atoms with E-state index in [0.29, 0.717) is 34.9 Å². The molecule has 0 radical (unpaired) electrons. The van der Waals surface area contributed by atoms with E-state index in [0.717, 1.165) is 25.7 Å². The number of pyridine rings is 1. The lowest BCUT2D eigenvalue weighted by Crippen LogP contribution is -2.59. The number of aryl methyl sites for hydroxylation is 1. The topological polar surface area (TPSA) is 186 Å². The summed E-state index contributed by atoms with van der Waals surface area (Å²) in [6, 6.07) is 2.73. The average Bonchev–Trinajstić information content (AvgIpc) is 3.36. The van der Waals surface area contributed by atoms with Crippen LogP contribution in [-0.2, 0) is 23.9 Å². The van der Waals surface area contributed by atoms with Crippen LogP contribution in [0.5, 0.6) is 11.5 Å². The molecule has 2 heterocycles. The van der Waals surface area contributed by atoms with Crippen molar-refractivity contribution in [3.05, 3.63) is 42.1 Å². The van der Waals surface area contributed by atoms with Gasteiger partial charge in [0.15, 0.2) is 0 Å². The number of rotatable bonds is 12. The molecule has 14 heteroatoms. The summed E-state index contributed by atoms with van der Waals surface area (Å²) in [6.45, 7) is 10.9. The number of esters is 1. The van der Waals surface area contributed by atoms with Gasteiger partial charge in [-0.1, -0.05) is 26.8 Å². The third-order valence-electron chi connectivity index (χ3n) is 10.0. The lowest BCUT2D eigenvalue weighted by atomic mass is 9.85. The molecule has 274 valence electrons. The number of ketones is 1. The van der Waals surface area contributed by atoms with E-state index >= 15 is 0 Å². The number of carbonyl (C=O) groups excluding carboxylic acids is 5. The highest BCUT2D eigenvalue weighted by atomic mass is 16.6. The number of methoxy groups -OCH3 is 2. The van der Waals surface area contributed by atoms with Gasteiger partial charge in [0.2, 0.25) is 17.6 Å². The van der Waals surface area contributed by atoms with E-state index in [1.54, 1.807) is 45.9 Å². The Morgan fingerprint density at radius 3 is 2.39 bits per heavy atom. The first kappa shape index (κ1) is 37.3. The number of amides is 3. The van der Waals surface area contributed by atoms with Crippen molar-refractivity contribution in [2.45, 2.75) is 96.1 Å². The van der Waals surface area contributed by atoms with Gasteiger partial charge in [0, 0.05) is 29.4 Å². The number of alkyl carbamates (subject to hydrolysis) is 1. The number of carbonyl (C=O) groups is 5. The van der Waals surface area contributed by atoms with E-state index in [9.17, 15) is 24.0 Å². The molecular weight excluding hydrogens is 658 g/mol. The van der Waals surface area contributed by atoms with Gasteiger partial charge in [0.25, 0.3) is 0 Å². The monoisotopic (exact) mass is 705 g/mol. The predicted octanol–water partition coefficient (Wildman–Crippen LogP) is 4.05. The zero-order chi connectivity index (χ0) is 37.2. The van der Waals surface area contributed by atoms with Crippen LogP contribution >= 0.6 is 0 Å². The summed E-state index contributed by atoms with van der Waals surface area (Å²) < 4.78 is 22.6. The fraction of sp³-hybridized carbons (Fsp3) is 0.541. The Morgan fingerprint density at radius 1 is 1.10 bits per heavy atom. The van der Waals surface area contributed by atoms with Crippen LogP contribution in [0.2, 0.25) is 0 Å². The number of nitrogens with one attached hydrogen (secondary N) is 3. The number of ether oxygens (including phenoxy) is 4. The summed E-state index contributed by atoms with van der Waals surface area (Å²) in [5.74, 6) is -1.92. The normalized spacial score (nSPS) is 23.6. The summed E-state index contributed by atoms with van der Waals surface area (Å²) in [5.41, 5.74) is -1.04. The maximum absolute atomic E-state index is 14.5. The van der Waals surface area contributed by atoms with Gasteiger partial charge >= 0.3 is 12.1 Å². The molecule has 3 fully saturated rings. The van der Waals surface area contributed by atoms with Gasteiger partial charge in [-0.05, 0) is 56.6 Å². The van der Waals surface area contributed by atoms with Crippen LogP contribution in [0.15, 0.2) is 30.9 Å². The maximum Gasteiger partial charge on any atom is 0.408 e. The van der Waals surface area contributed by atoms with Crippen LogP contribution in [0, 0.1) is 23.7 Å². The van der Waals surface area contributed by atoms with Crippen molar-refractivity contribution in [1.29, 1.82) is 5.41 Å². The number of nitrogens with zero attached hydrogens (tertiary/aromatic N) is 2. The molecule has 2 saturated carbocycles. The summed E-state index contributed by atoms with van der Waals surface area (Å²) in [6.07, 6.45) is 4.28. The van der Waals surface area contributed by atoms with Gasteiger partial charge in [-0.25, -0.2) is 14.6 Å². The Balaban J connectivity index is 1.49. The molecule has 1 aromatic heterocycles. The molecule has 5 atom stereocenters. The molecule has 0 bridgehead atoms. The average molecular weight is 706 g/mol. The summed E-state index contributed by atoms with van der Waals surface area (Å²) >= 11 is 0. The number of benzene rings is 1. The maximum atomic E-state index is 14.5. The van der Waals surface area contributed by atoms with Crippen molar-refractivity contribution in [2.24, 2.45) is 11.3 Å². The second kappa shape index (κ2) is 14.7. The first-order chi connectivity index (χ1) is 24.2. The highest BCUT2D eigenvalue weighted by Gasteiger charge is 2.62. The molecule has 3 amide bonds. The van der Waals surface area contributed by atoms with Crippen molar-refractivity contribution in [3.8, 4) is 11.5 Å². The fourth-order valence-electron chi connectivity index (χ4n) is 7.06. The van der Waals surface area contributed by atoms with Gasteiger partial charge in [-0.2, -0.15) is 0 Å². The van der Waals surface area contributed by atoms with Crippen molar-refractivity contribution in [1.82, 2.24) is 20.5 Å². The summed E-state index contributed by atoms with van der Waals surface area (Å²) in [4.78, 5) is 73.0. The zero-order valence-corrected chi connectivity index (χ0v) is 30.0. The molecule has 2 aromatic rings. The molecule has 5 rings (SSSR count). The van der Waals surface area contributed by atoms with E-state index in [-0.39, 0.29) is 36.4 Å². The minimum absolute atomic E-state index is 0.0176. The van der Waals surface area contributed by atoms with Crippen molar-refractivity contribution in [2.75, 3.05) is 20.8 Å². The van der Waals surface area contributed by atoms with Crippen LogP contribution in [0.25, 0.3) is 10.9 Å². The third-order valence-corrected chi connectivity index (χ3v) is 10.0. The molecule has 1 saturated heterocycles. The van der Waals surface area contributed by atoms with Crippen LogP contribution in [0.1, 0.15) is 75.3 Å². The summed E-state index contributed by atoms with van der Waals surface area (Å²) in [5, 5.41) is 13.7. The minimum atomic E-state index is -1.31. The van der Waals surface area contributed by atoms with Gasteiger partial charge in [-0.3, -0.25) is 14.4 Å². The smallest absolute Gasteiger partial charge is 0.408 e. The molecule has 2 aliphatic carbocycles. The molecule has 0 spiro atoms. The Morgan fingerprint density at radius 2 is 1.80 bits per heavy atom. The van der Waals surface area contributed by atoms with Gasteiger partial charge in [0.05, 0.1) is 32.5 Å². The molecule has 14 nitrogen and oxygen atoms in total. The van der Waals surface area contributed by atoms with Crippen LogP contribution in [0.3, 0.4) is 0 Å². The Bertz CT molecular complexity index is 1750. The highest BCUT2D eigenvalue weighted by molar-refractivity contribution is 6.34. The molecule has 1 aliphatic heterocycles. The van der Waals surface area contributed by atoms with Crippen molar-refractivity contribution in [3.63, 3.8) is 0 Å². The van der Waals surface area contributed by atoms with E-state index < -0.39 is 58.8 Å². The Kier molecular flexibility index (Phi) is 10.7. The highest BCUT2D eigenvalue weighted by Crippen LogP contribution is 2.46. The minimum Gasteiger partial charge on any atom is -0.496 e. The van der Waals surface area contributed by atoms with Gasteiger partial charge < -0.3 is 39.9 Å². The van der Waals surface area contributed by atoms with Crippen molar-refractivity contribution >= 4 is 46.8 Å². The third kappa shape index (κ3) is 7.54. The number of fused-ring (bicyclic) bond motifs is 1. The molecule has 1 aromatic carbocycles. The van der Waals surface area contributed by atoms with Gasteiger partial charge in [0.1, 0.15) is 47.0 Å². The van der Waals surface area contributed by atoms with Crippen LogP contribution in [0.4, 0.5) is 4.79 Å². The standard InChI is InChI=1S/C37H47N5O9/c1-8-21-17-37(21,34(46)49-7)41-32(44)26-15-23(19-42(26)33(45)31(36(3,4)5)40-35(47)51-22-11-9-10-12-22)50-29-16-25(27(43)18-38)39-30-20(2)28(48-6)14-13-24(29)30/h8,13-14,16,18,21-23,26,31,38H,1,9-12,15,17,19H2,2-7H3,(H,40,47)(H,41,44)/t21-,23-,26+,31-,37-/m1/s1. The molecule has 51 heavy (non-hydrogen) atoms. The van der Waals surface area contributed by atoms with Crippen molar-refractivity contribution < 1.29 is 42.9 Å². The van der Waals surface area contributed by atoms with Crippen LogP contribution in [-0.4, -0.2) is 96.4 Å². The lowest BCUT2D eigenvalue weighted by Gasteiger charge is -2.35.